The summed E-state index contributed by atoms with van der Waals surface area (Å²) in [7, 11) is 0. The van der Waals surface area contributed by atoms with Crippen molar-refractivity contribution in [3.05, 3.63) is 42.5 Å². The SMILES string of the molecule is Cc1ccc(NC(=O)CC(C)n2cncn2)cc1. The lowest BCUT2D eigenvalue weighted by molar-refractivity contribution is -0.116. The van der Waals surface area contributed by atoms with Crippen LogP contribution in [0.5, 0.6) is 0 Å². The monoisotopic (exact) mass is 244 g/mol. The molecule has 18 heavy (non-hydrogen) atoms. The van der Waals surface area contributed by atoms with Crippen molar-refractivity contribution in [1.29, 1.82) is 0 Å². The minimum atomic E-state index is -0.0261. The molecule has 1 aromatic heterocycles. The fraction of sp³-hybridized carbons (Fsp3) is 0.308. The number of aromatic nitrogens is 3. The molecule has 0 saturated carbocycles. The van der Waals surface area contributed by atoms with Crippen molar-refractivity contribution in [2.45, 2.75) is 26.3 Å². The van der Waals surface area contributed by atoms with Crippen molar-refractivity contribution < 1.29 is 4.79 Å². The highest BCUT2D eigenvalue weighted by Crippen LogP contribution is 2.12. The molecule has 0 spiro atoms. The number of nitrogens with one attached hydrogen (secondary N) is 1. The highest BCUT2D eigenvalue weighted by Gasteiger charge is 2.11. The molecule has 2 aromatic rings. The molecule has 0 saturated heterocycles. The van der Waals surface area contributed by atoms with Crippen molar-refractivity contribution in [2.24, 2.45) is 0 Å². The Hall–Kier alpha value is -2.17. The third-order valence-corrected chi connectivity index (χ3v) is 2.70. The lowest BCUT2D eigenvalue weighted by atomic mass is 10.2. The molecule has 1 amide bonds. The second-order valence-electron chi connectivity index (χ2n) is 4.34. The molecule has 1 unspecified atom stereocenters. The first-order valence-corrected chi connectivity index (χ1v) is 5.86. The van der Waals surface area contributed by atoms with E-state index in [9.17, 15) is 4.79 Å². The molecule has 1 N–H and O–H groups in total. The molecular formula is C13H16N4O. The first-order valence-electron chi connectivity index (χ1n) is 5.86. The Morgan fingerprint density at radius 2 is 2.11 bits per heavy atom. The summed E-state index contributed by atoms with van der Waals surface area (Å²) in [5.41, 5.74) is 1.99. The highest BCUT2D eigenvalue weighted by molar-refractivity contribution is 5.90. The molecule has 0 aliphatic rings. The molecule has 1 heterocycles. The van der Waals surface area contributed by atoms with Crippen molar-refractivity contribution in [3.8, 4) is 0 Å². The molecule has 5 heteroatoms. The Morgan fingerprint density at radius 3 is 2.72 bits per heavy atom. The lowest BCUT2D eigenvalue weighted by Crippen LogP contribution is -2.17. The first-order chi connectivity index (χ1) is 8.65. The van der Waals surface area contributed by atoms with Crippen LogP contribution in [0.15, 0.2) is 36.9 Å². The second-order valence-corrected chi connectivity index (χ2v) is 4.34. The summed E-state index contributed by atoms with van der Waals surface area (Å²) in [4.78, 5) is 15.7. The van der Waals surface area contributed by atoms with Gasteiger partial charge in [0.05, 0.1) is 6.04 Å². The molecule has 94 valence electrons. The average molecular weight is 244 g/mol. The van der Waals surface area contributed by atoms with Crippen LogP contribution in [0.4, 0.5) is 5.69 Å². The molecule has 0 fully saturated rings. The molecule has 5 nitrogen and oxygen atoms in total. The van der Waals surface area contributed by atoms with Gasteiger partial charge in [0.25, 0.3) is 0 Å². The third kappa shape index (κ3) is 3.16. The van der Waals surface area contributed by atoms with E-state index in [1.54, 1.807) is 11.0 Å². The van der Waals surface area contributed by atoms with Crippen LogP contribution in [-0.2, 0) is 4.79 Å². The fourth-order valence-corrected chi connectivity index (χ4v) is 1.66. The predicted octanol–water partition coefficient (Wildman–Crippen LogP) is 2.18. The number of rotatable bonds is 4. The molecule has 0 radical (unpaired) electrons. The van der Waals surface area contributed by atoms with Gasteiger partial charge in [-0.3, -0.25) is 4.79 Å². The summed E-state index contributed by atoms with van der Waals surface area (Å²) in [6, 6.07) is 7.73. The fourth-order valence-electron chi connectivity index (χ4n) is 1.66. The minimum Gasteiger partial charge on any atom is -0.326 e. The molecule has 0 aliphatic heterocycles. The quantitative estimate of drug-likeness (QED) is 0.896. The zero-order chi connectivity index (χ0) is 13.0. The van der Waals surface area contributed by atoms with Crippen molar-refractivity contribution in [2.75, 3.05) is 5.32 Å². The van der Waals surface area contributed by atoms with E-state index in [0.717, 1.165) is 5.69 Å². The highest BCUT2D eigenvalue weighted by atomic mass is 16.1. The van der Waals surface area contributed by atoms with Gasteiger partial charge in [0.2, 0.25) is 5.91 Å². The van der Waals surface area contributed by atoms with Crippen LogP contribution >= 0.6 is 0 Å². The van der Waals surface area contributed by atoms with Gasteiger partial charge in [0.1, 0.15) is 12.7 Å². The number of carbonyl (C=O) groups excluding carboxylic acids is 1. The van der Waals surface area contributed by atoms with Gasteiger partial charge in [-0.05, 0) is 26.0 Å². The maximum absolute atomic E-state index is 11.8. The Kier molecular flexibility index (Phi) is 3.72. The van der Waals surface area contributed by atoms with E-state index in [1.165, 1.54) is 11.9 Å². The Labute approximate surface area is 106 Å². The molecule has 1 atom stereocenters. The summed E-state index contributed by atoms with van der Waals surface area (Å²) in [6.07, 6.45) is 3.45. The Balaban J connectivity index is 1.91. The first kappa shape index (κ1) is 12.3. The van der Waals surface area contributed by atoms with Crippen LogP contribution in [0.2, 0.25) is 0 Å². The van der Waals surface area contributed by atoms with Gasteiger partial charge in [-0.25, -0.2) is 9.67 Å². The summed E-state index contributed by atoms with van der Waals surface area (Å²) in [5.74, 6) is -0.0261. The van der Waals surface area contributed by atoms with E-state index in [1.807, 2.05) is 38.1 Å². The normalized spacial score (nSPS) is 12.1. The van der Waals surface area contributed by atoms with Crippen LogP contribution in [0, 0.1) is 6.92 Å². The Bertz CT molecular complexity index is 504. The van der Waals surface area contributed by atoms with Gasteiger partial charge in [0.15, 0.2) is 0 Å². The summed E-state index contributed by atoms with van der Waals surface area (Å²) in [6.45, 7) is 3.95. The third-order valence-electron chi connectivity index (χ3n) is 2.70. The number of carbonyl (C=O) groups is 1. The maximum Gasteiger partial charge on any atom is 0.226 e. The average Bonchev–Trinajstić information content (AvgIpc) is 2.85. The zero-order valence-electron chi connectivity index (χ0n) is 10.5. The van der Waals surface area contributed by atoms with E-state index in [4.69, 9.17) is 0 Å². The summed E-state index contributed by atoms with van der Waals surface area (Å²) in [5, 5.41) is 6.87. The van der Waals surface area contributed by atoms with Gasteiger partial charge in [-0.1, -0.05) is 17.7 Å². The number of hydrogen-bond donors (Lipinski definition) is 1. The smallest absolute Gasteiger partial charge is 0.226 e. The van der Waals surface area contributed by atoms with Crippen molar-refractivity contribution >= 4 is 11.6 Å². The number of nitrogens with zero attached hydrogens (tertiary/aromatic N) is 3. The molecular weight excluding hydrogens is 228 g/mol. The van der Waals surface area contributed by atoms with Crippen LogP contribution < -0.4 is 5.32 Å². The second kappa shape index (κ2) is 5.44. The van der Waals surface area contributed by atoms with Crippen molar-refractivity contribution in [1.82, 2.24) is 14.8 Å². The van der Waals surface area contributed by atoms with Crippen LogP contribution in [-0.4, -0.2) is 20.7 Å². The molecule has 1 aromatic carbocycles. The molecule has 0 aliphatic carbocycles. The zero-order valence-corrected chi connectivity index (χ0v) is 10.5. The summed E-state index contributed by atoms with van der Waals surface area (Å²) < 4.78 is 1.68. The lowest BCUT2D eigenvalue weighted by Gasteiger charge is -2.11. The van der Waals surface area contributed by atoms with Gasteiger partial charge < -0.3 is 5.32 Å². The minimum absolute atomic E-state index is 0.00190. The van der Waals surface area contributed by atoms with Gasteiger partial charge >= 0.3 is 0 Å². The summed E-state index contributed by atoms with van der Waals surface area (Å²) >= 11 is 0. The number of benzene rings is 1. The molecule has 2 rings (SSSR count). The Morgan fingerprint density at radius 1 is 1.39 bits per heavy atom. The number of aryl methyl sites for hydroxylation is 1. The van der Waals surface area contributed by atoms with Crippen molar-refractivity contribution in [3.63, 3.8) is 0 Å². The van der Waals surface area contributed by atoms with E-state index >= 15 is 0 Å². The van der Waals surface area contributed by atoms with Gasteiger partial charge in [0, 0.05) is 12.1 Å². The van der Waals surface area contributed by atoms with E-state index in [-0.39, 0.29) is 11.9 Å². The van der Waals surface area contributed by atoms with Crippen LogP contribution in [0.1, 0.15) is 24.9 Å². The van der Waals surface area contributed by atoms with Crippen LogP contribution in [0.25, 0.3) is 0 Å². The predicted molar refractivity (Wildman–Crippen MR) is 69.2 cm³/mol. The maximum atomic E-state index is 11.8. The van der Waals surface area contributed by atoms with E-state index < -0.39 is 0 Å². The number of hydrogen-bond acceptors (Lipinski definition) is 3. The topological polar surface area (TPSA) is 59.8 Å². The van der Waals surface area contributed by atoms with Crippen LogP contribution in [0.3, 0.4) is 0 Å². The van der Waals surface area contributed by atoms with Gasteiger partial charge in [-0.15, -0.1) is 0 Å². The van der Waals surface area contributed by atoms with E-state index in [0.29, 0.717) is 6.42 Å². The molecule has 0 bridgehead atoms. The van der Waals surface area contributed by atoms with Gasteiger partial charge in [-0.2, -0.15) is 5.10 Å². The largest absolute Gasteiger partial charge is 0.326 e. The number of anilines is 1. The van der Waals surface area contributed by atoms with E-state index in [2.05, 4.69) is 15.4 Å². The standard InChI is InChI=1S/C13H16N4O/c1-10-3-5-12(6-4-10)16-13(18)7-11(2)17-9-14-8-15-17/h3-6,8-9,11H,7H2,1-2H3,(H,16,18). The number of amides is 1.